The number of hydrogen-bond acceptors (Lipinski definition) is 5. The van der Waals surface area contributed by atoms with Crippen molar-refractivity contribution in [2.75, 3.05) is 14.2 Å². The Morgan fingerprint density at radius 2 is 1.65 bits per heavy atom. The second-order valence-electron chi connectivity index (χ2n) is 5.33. The van der Waals surface area contributed by atoms with E-state index < -0.39 is 12.1 Å². The van der Waals surface area contributed by atoms with Gasteiger partial charge in [0.1, 0.15) is 0 Å². The molecule has 1 aliphatic rings. The summed E-state index contributed by atoms with van der Waals surface area (Å²) in [7, 11) is 2.94. The van der Waals surface area contributed by atoms with Crippen LogP contribution in [0.4, 0.5) is 0 Å². The molecule has 4 N–H and O–H groups in total. The Hall–Kier alpha value is -1.46. The lowest BCUT2D eigenvalue weighted by Gasteiger charge is -2.25. The number of methoxy groups -OCH3 is 2. The SMILES string of the molecule is COc1cc([C@@H](N)[C@@H](O)C2CCCC2)cc(OC)c1O. The minimum atomic E-state index is -0.587. The molecule has 2 atom stereocenters. The first kappa shape index (κ1) is 14.9. The zero-order valence-electron chi connectivity index (χ0n) is 12.0. The van der Waals surface area contributed by atoms with E-state index in [2.05, 4.69) is 0 Å². The van der Waals surface area contributed by atoms with Crippen LogP contribution in [0.25, 0.3) is 0 Å². The average Bonchev–Trinajstić information content (AvgIpc) is 3.00. The number of benzene rings is 1. The fourth-order valence-electron chi connectivity index (χ4n) is 2.90. The monoisotopic (exact) mass is 281 g/mol. The molecule has 1 aromatic carbocycles. The van der Waals surface area contributed by atoms with Crippen LogP contribution >= 0.6 is 0 Å². The Labute approximate surface area is 119 Å². The van der Waals surface area contributed by atoms with Crippen molar-refractivity contribution < 1.29 is 19.7 Å². The molecular formula is C15H23NO4. The molecule has 0 heterocycles. The molecular weight excluding hydrogens is 258 g/mol. The van der Waals surface area contributed by atoms with Gasteiger partial charge in [0.05, 0.1) is 26.4 Å². The number of aliphatic hydroxyl groups excluding tert-OH is 1. The fraction of sp³-hybridized carbons (Fsp3) is 0.600. The number of hydrogen-bond donors (Lipinski definition) is 3. The molecule has 0 aromatic heterocycles. The summed E-state index contributed by atoms with van der Waals surface area (Å²) in [5.41, 5.74) is 6.88. The first-order chi connectivity index (χ1) is 9.58. The van der Waals surface area contributed by atoms with Gasteiger partial charge in [-0.25, -0.2) is 0 Å². The van der Waals surface area contributed by atoms with Crippen LogP contribution in [0, 0.1) is 5.92 Å². The van der Waals surface area contributed by atoms with Gasteiger partial charge in [-0.05, 0) is 36.5 Å². The lowest BCUT2D eigenvalue weighted by atomic mass is 9.90. The Kier molecular flexibility index (Phi) is 4.73. The van der Waals surface area contributed by atoms with Crippen molar-refractivity contribution in [3.63, 3.8) is 0 Å². The molecule has 0 bridgehead atoms. The van der Waals surface area contributed by atoms with Gasteiger partial charge in [-0.2, -0.15) is 0 Å². The molecule has 0 aliphatic heterocycles. The van der Waals surface area contributed by atoms with Crippen molar-refractivity contribution in [2.45, 2.75) is 37.8 Å². The van der Waals surface area contributed by atoms with Gasteiger partial charge in [0, 0.05) is 0 Å². The minimum absolute atomic E-state index is 0.0543. The van der Waals surface area contributed by atoms with Crippen LogP contribution in [-0.2, 0) is 0 Å². The van der Waals surface area contributed by atoms with Crippen LogP contribution in [0.1, 0.15) is 37.3 Å². The molecule has 1 saturated carbocycles. The van der Waals surface area contributed by atoms with Gasteiger partial charge in [-0.1, -0.05) is 12.8 Å². The van der Waals surface area contributed by atoms with Gasteiger partial charge < -0.3 is 25.4 Å². The van der Waals surface area contributed by atoms with Crippen LogP contribution in [0.15, 0.2) is 12.1 Å². The molecule has 112 valence electrons. The highest BCUT2D eigenvalue weighted by atomic mass is 16.5. The van der Waals surface area contributed by atoms with E-state index in [9.17, 15) is 10.2 Å². The molecule has 0 radical (unpaired) electrons. The minimum Gasteiger partial charge on any atom is -0.502 e. The fourth-order valence-corrected chi connectivity index (χ4v) is 2.90. The van der Waals surface area contributed by atoms with E-state index in [4.69, 9.17) is 15.2 Å². The van der Waals surface area contributed by atoms with Crippen LogP contribution in [0.2, 0.25) is 0 Å². The summed E-state index contributed by atoms with van der Waals surface area (Å²) in [6, 6.07) is 2.79. The largest absolute Gasteiger partial charge is 0.502 e. The van der Waals surface area contributed by atoms with Crippen molar-refractivity contribution in [1.82, 2.24) is 0 Å². The molecule has 0 spiro atoms. The molecule has 0 unspecified atom stereocenters. The van der Waals surface area contributed by atoms with Crippen molar-refractivity contribution in [3.8, 4) is 17.2 Å². The Bertz CT molecular complexity index is 432. The number of phenolic OH excluding ortho intramolecular Hbond substituents is 1. The van der Waals surface area contributed by atoms with Crippen LogP contribution < -0.4 is 15.2 Å². The summed E-state index contributed by atoms with van der Waals surface area (Å²) in [4.78, 5) is 0. The topological polar surface area (TPSA) is 84.9 Å². The Balaban J connectivity index is 2.26. The predicted molar refractivity (Wildman–Crippen MR) is 76.1 cm³/mol. The lowest BCUT2D eigenvalue weighted by Crippen LogP contribution is -2.31. The number of aromatic hydroxyl groups is 1. The number of ether oxygens (including phenoxy) is 2. The summed E-state index contributed by atoms with van der Waals surface area (Å²) >= 11 is 0. The van der Waals surface area contributed by atoms with Crippen molar-refractivity contribution in [2.24, 2.45) is 11.7 Å². The van der Waals surface area contributed by atoms with Crippen LogP contribution in [0.3, 0.4) is 0 Å². The van der Waals surface area contributed by atoms with Crippen LogP contribution in [-0.4, -0.2) is 30.5 Å². The second-order valence-corrected chi connectivity index (χ2v) is 5.33. The van der Waals surface area contributed by atoms with Gasteiger partial charge in [0.2, 0.25) is 5.75 Å². The summed E-state index contributed by atoms with van der Waals surface area (Å²) in [5, 5.41) is 20.3. The lowest BCUT2D eigenvalue weighted by molar-refractivity contribution is 0.0843. The third-order valence-corrected chi connectivity index (χ3v) is 4.14. The van der Waals surface area contributed by atoms with E-state index in [1.54, 1.807) is 12.1 Å². The number of aliphatic hydroxyl groups is 1. The van der Waals surface area contributed by atoms with E-state index >= 15 is 0 Å². The van der Waals surface area contributed by atoms with Crippen molar-refractivity contribution >= 4 is 0 Å². The standard InChI is InChI=1S/C15H23NO4/c1-19-11-7-10(8-12(20-2)15(11)18)13(16)14(17)9-5-3-4-6-9/h7-9,13-14,17-18H,3-6,16H2,1-2H3/t13-,14+/m1/s1. The second kappa shape index (κ2) is 6.33. The molecule has 1 aromatic rings. The third kappa shape index (κ3) is 2.83. The average molecular weight is 281 g/mol. The summed E-state index contributed by atoms with van der Waals surface area (Å²) in [5.74, 6) is 0.791. The van der Waals surface area contributed by atoms with Crippen LogP contribution in [0.5, 0.6) is 17.2 Å². The highest BCUT2D eigenvalue weighted by Crippen LogP contribution is 2.40. The highest BCUT2D eigenvalue weighted by molar-refractivity contribution is 5.53. The van der Waals surface area contributed by atoms with Gasteiger partial charge >= 0.3 is 0 Å². The quantitative estimate of drug-likeness (QED) is 0.768. The maximum Gasteiger partial charge on any atom is 0.200 e. The first-order valence-electron chi connectivity index (χ1n) is 6.97. The summed E-state index contributed by atoms with van der Waals surface area (Å²) < 4.78 is 10.2. The molecule has 5 nitrogen and oxygen atoms in total. The maximum atomic E-state index is 10.4. The Morgan fingerprint density at radius 3 is 2.10 bits per heavy atom. The van der Waals surface area contributed by atoms with Gasteiger partial charge in [0.15, 0.2) is 11.5 Å². The highest BCUT2D eigenvalue weighted by Gasteiger charge is 2.29. The summed E-state index contributed by atoms with van der Waals surface area (Å²) in [6.45, 7) is 0. The number of nitrogens with two attached hydrogens (primary N) is 1. The zero-order chi connectivity index (χ0) is 14.7. The number of rotatable bonds is 5. The van der Waals surface area contributed by atoms with E-state index in [0.717, 1.165) is 25.7 Å². The zero-order valence-corrected chi connectivity index (χ0v) is 12.0. The molecule has 0 amide bonds. The first-order valence-corrected chi connectivity index (χ1v) is 6.97. The molecule has 20 heavy (non-hydrogen) atoms. The van der Waals surface area contributed by atoms with Gasteiger partial charge in [-0.3, -0.25) is 0 Å². The third-order valence-electron chi connectivity index (χ3n) is 4.14. The maximum absolute atomic E-state index is 10.4. The predicted octanol–water partition coefficient (Wildman–Crippen LogP) is 1.96. The van der Waals surface area contributed by atoms with Crippen molar-refractivity contribution in [3.05, 3.63) is 17.7 Å². The van der Waals surface area contributed by atoms with E-state index in [0.29, 0.717) is 17.1 Å². The van der Waals surface area contributed by atoms with Gasteiger partial charge in [-0.15, -0.1) is 0 Å². The molecule has 2 rings (SSSR count). The van der Waals surface area contributed by atoms with E-state index in [1.807, 2.05) is 0 Å². The molecule has 5 heteroatoms. The smallest absolute Gasteiger partial charge is 0.200 e. The normalized spacial score (nSPS) is 18.8. The van der Waals surface area contributed by atoms with E-state index in [-0.39, 0.29) is 11.7 Å². The van der Waals surface area contributed by atoms with E-state index in [1.165, 1.54) is 14.2 Å². The summed E-state index contributed by atoms with van der Waals surface area (Å²) in [6.07, 6.45) is 3.74. The number of phenols is 1. The van der Waals surface area contributed by atoms with Crippen molar-refractivity contribution in [1.29, 1.82) is 0 Å². The van der Waals surface area contributed by atoms with Gasteiger partial charge in [0.25, 0.3) is 0 Å². The Morgan fingerprint density at radius 1 is 1.15 bits per heavy atom. The molecule has 1 aliphatic carbocycles. The molecule has 0 saturated heterocycles. The molecule has 1 fully saturated rings.